The van der Waals surface area contributed by atoms with Gasteiger partial charge in [-0.25, -0.2) is 4.98 Å². The second-order valence-electron chi connectivity index (χ2n) is 6.18. The Balaban J connectivity index is 2.09. The molecular formula is C19H29N3O. The molecule has 4 nitrogen and oxygen atoms in total. The van der Waals surface area contributed by atoms with Crippen molar-refractivity contribution >= 4 is 0 Å². The SMILES string of the molecule is CC[C@H](C)N(Cc1ccc(C)cc1)Cc1nccn1CCOC. The highest BCUT2D eigenvalue weighted by Crippen LogP contribution is 2.15. The van der Waals surface area contributed by atoms with E-state index in [-0.39, 0.29) is 0 Å². The second kappa shape index (κ2) is 8.85. The number of rotatable bonds is 9. The van der Waals surface area contributed by atoms with E-state index >= 15 is 0 Å². The number of hydrogen-bond acceptors (Lipinski definition) is 3. The zero-order valence-electron chi connectivity index (χ0n) is 14.8. The molecule has 1 aromatic heterocycles. The zero-order valence-corrected chi connectivity index (χ0v) is 14.8. The molecule has 1 atom stereocenters. The number of methoxy groups -OCH3 is 1. The summed E-state index contributed by atoms with van der Waals surface area (Å²) in [5.41, 5.74) is 2.66. The first-order valence-electron chi connectivity index (χ1n) is 8.42. The van der Waals surface area contributed by atoms with Gasteiger partial charge in [0.25, 0.3) is 0 Å². The van der Waals surface area contributed by atoms with E-state index in [9.17, 15) is 0 Å². The van der Waals surface area contributed by atoms with Gasteiger partial charge >= 0.3 is 0 Å². The average Bonchev–Trinajstić information content (AvgIpc) is 3.00. The predicted octanol–water partition coefficient (Wildman–Crippen LogP) is 3.64. The predicted molar refractivity (Wildman–Crippen MR) is 94.3 cm³/mol. The summed E-state index contributed by atoms with van der Waals surface area (Å²) in [6.45, 7) is 10.0. The largest absolute Gasteiger partial charge is 0.383 e. The number of imidazole rings is 1. The normalized spacial score (nSPS) is 12.7. The molecule has 0 saturated heterocycles. The fourth-order valence-corrected chi connectivity index (χ4v) is 2.62. The summed E-state index contributed by atoms with van der Waals surface area (Å²) in [5.74, 6) is 1.11. The minimum atomic E-state index is 0.517. The maximum Gasteiger partial charge on any atom is 0.122 e. The number of hydrogen-bond donors (Lipinski definition) is 0. The van der Waals surface area contributed by atoms with E-state index in [1.54, 1.807) is 7.11 Å². The van der Waals surface area contributed by atoms with Crippen LogP contribution in [0.2, 0.25) is 0 Å². The van der Waals surface area contributed by atoms with Crippen molar-refractivity contribution in [1.29, 1.82) is 0 Å². The number of nitrogens with zero attached hydrogens (tertiary/aromatic N) is 3. The molecule has 4 heteroatoms. The third-order valence-electron chi connectivity index (χ3n) is 4.40. The standard InChI is InChI=1S/C19H29N3O/c1-5-17(3)22(14-18-8-6-16(2)7-9-18)15-19-20-10-11-21(19)12-13-23-4/h6-11,17H,5,12-15H2,1-4H3/t17-/m0/s1. The molecule has 0 radical (unpaired) electrons. The van der Waals surface area contributed by atoms with Gasteiger partial charge in [0.05, 0.1) is 13.2 Å². The lowest BCUT2D eigenvalue weighted by atomic mass is 10.1. The maximum absolute atomic E-state index is 5.19. The van der Waals surface area contributed by atoms with Crippen LogP contribution in [-0.4, -0.2) is 34.2 Å². The highest BCUT2D eigenvalue weighted by molar-refractivity contribution is 5.21. The van der Waals surface area contributed by atoms with Crippen molar-refractivity contribution in [3.63, 3.8) is 0 Å². The van der Waals surface area contributed by atoms with Crippen molar-refractivity contribution in [2.75, 3.05) is 13.7 Å². The summed E-state index contributed by atoms with van der Waals surface area (Å²) in [6.07, 6.45) is 5.05. The van der Waals surface area contributed by atoms with Crippen LogP contribution in [0.3, 0.4) is 0 Å². The Kier molecular flexibility index (Phi) is 6.81. The maximum atomic E-state index is 5.19. The molecule has 2 aromatic rings. The molecule has 126 valence electrons. The Labute approximate surface area is 140 Å². The van der Waals surface area contributed by atoms with Crippen LogP contribution < -0.4 is 0 Å². The third kappa shape index (κ3) is 5.19. The van der Waals surface area contributed by atoms with E-state index in [1.165, 1.54) is 11.1 Å². The van der Waals surface area contributed by atoms with E-state index in [0.717, 1.165) is 31.9 Å². The van der Waals surface area contributed by atoms with Gasteiger partial charge in [-0.15, -0.1) is 0 Å². The van der Waals surface area contributed by atoms with E-state index < -0.39 is 0 Å². The van der Waals surface area contributed by atoms with Gasteiger partial charge in [-0.3, -0.25) is 4.90 Å². The van der Waals surface area contributed by atoms with E-state index in [0.29, 0.717) is 12.6 Å². The summed E-state index contributed by atoms with van der Waals surface area (Å²) in [6, 6.07) is 9.33. The highest BCUT2D eigenvalue weighted by atomic mass is 16.5. The fourth-order valence-electron chi connectivity index (χ4n) is 2.62. The van der Waals surface area contributed by atoms with Crippen LogP contribution in [0.25, 0.3) is 0 Å². The number of aryl methyl sites for hydroxylation is 1. The van der Waals surface area contributed by atoms with Crippen molar-refractivity contribution in [2.45, 2.75) is 52.9 Å². The lowest BCUT2D eigenvalue weighted by Gasteiger charge is -2.28. The van der Waals surface area contributed by atoms with Crippen molar-refractivity contribution in [3.8, 4) is 0 Å². The lowest BCUT2D eigenvalue weighted by Crippen LogP contribution is -2.33. The molecule has 0 saturated carbocycles. The minimum absolute atomic E-state index is 0.517. The molecule has 0 aliphatic carbocycles. The van der Waals surface area contributed by atoms with Crippen molar-refractivity contribution in [3.05, 3.63) is 53.6 Å². The lowest BCUT2D eigenvalue weighted by molar-refractivity contribution is 0.168. The molecular weight excluding hydrogens is 286 g/mol. The molecule has 0 unspecified atom stereocenters. The van der Waals surface area contributed by atoms with Crippen molar-refractivity contribution in [2.24, 2.45) is 0 Å². The van der Waals surface area contributed by atoms with E-state index in [2.05, 4.69) is 59.5 Å². The Morgan fingerprint density at radius 2 is 1.96 bits per heavy atom. The monoisotopic (exact) mass is 315 g/mol. The minimum Gasteiger partial charge on any atom is -0.383 e. The molecule has 0 bridgehead atoms. The molecule has 1 heterocycles. The molecule has 23 heavy (non-hydrogen) atoms. The van der Waals surface area contributed by atoms with Crippen LogP contribution in [-0.2, 0) is 24.4 Å². The van der Waals surface area contributed by atoms with Crippen LogP contribution in [0.5, 0.6) is 0 Å². The summed E-state index contributed by atoms with van der Waals surface area (Å²) < 4.78 is 7.38. The van der Waals surface area contributed by atoms with E-state index in [1.807, 2.05) is 12.4 Å². The van der Waals surface area contributed by atoms with Crippen molar-refractivity contribution < 1.29 is 4.74 Å². The second-order valence-corrected chi connectivity index (χ2v) is 6.18. The summed E-state index contributed by atoms with van der Waals surface area (Å²) in [7, 11) is 1.74. The van der Waals surface area contributed by atoms with Crippen LogP contribution in [0.4, 0.5) is 0 Å². The zero-order chi connectivity index (χ0) is 16.7. The van der Waals surface area contributed by atoms with Gasteiger partial charge < -0.3 is 9.30 Å². The van der Waals surface area contributed by atoms with Gasteiger partial charge in [0.15, 0.2) is 0 Å². The van der Waals surface area contributed by atoms with Crippen molar-refractivity contribution in [1.82, 2.24) is 14.5 Å². The number of benzene rings is 1. The first-order chi connectivity index (χ1) is 11.1. The molecule has 0 aliphatic heterocycles. The van der Waals surface area contributed by atoms with E-state index in [4.69, 9.17) is 4.74 Å². The van der Waals surface area contributed by atoms with Gasteiger partial charge in [0.1, 0.15) is 5.82 Å². The Bertz CT molecular complexity index is 577. The highest BCUT2D eigenvalue weighted by Gasteiger charge is 2.16. The van der Waals surface area contributed by atoms with Crippen LogP contribution in [0, 0.1) is 6.92 Å². The number of ether oxygens (including phenoxy) is 1. The van der Waals surface area contributed by atoms with Crippen LogP contribution in [0.1, 0.15) is 37.2 Å². The molecule has 1 aromatic carbocycles. The van der Waals surface area contributed by atoms with Gasteiger partial charge in [-0.2, -0.15) is 0 Å². The summed E-state index contributed by atoms with van der Waals surface area (Å²) in [5, 5.41) is 0. The topological polar surface area (TPSA) is 30.3 Å². The molecule has 0 spiro atoms. The van der Waals surface area contributed by atoms with Crippen LogP contribution >= 0.6 is 0 Å². The van der Waals surface area contributed by atoms with Gasteiger partial charge in [0.2, 0.25) is 0 Å². The quantitative estimate of drug-likeness (QED) is 0.708. The van der Waals surface area contributed by atoms with Gasteiger partial charge in [0, 0.05) is 38.6 Å². The molecule has 0 aliphatic rings. The molecule has 0 amide bonds. The summed E-state index contributed by atoms with van der Waals surface area (Å²) in [4.78, 5) is 7.04. The number of aromatic nitrogens is 2. The molecule has 0 N–H and O–H groups in total. The molecule has 0 fully saturated rings. The van der Waals surface area contributed by atoms with Crippen LogP contribution in [0.15, 0.2) is 36.7 Å². The first kappa shape index (κ1) is 17.7. The average molecular weight is 315 g/mol. The van der Waals surface area contributed by atoms with Gasteiger partial charge in [-0.1, -0.05) is 36.8 Å². The third-order valence-corrected chi connectivity index (χ3v) is 4.40. The smallest absolute Gasteiger partial charge is 0.122 e. The Hall–Kier alpha value is -1.65. The fraction of sp³-hybridized carbons (Fsp3) is 0.526. The Morgan fingerprint density at radius 3 is 2.61 bits per heavy atom. The first-order valence-corrected chi connectivity index (χ1v) is 8.42. The summed E-state index contributed by atoms with van der Waals surface area (Å²) >= 11 is 0. The van der Waals surface area contributed by atoms with Gasteiger partial charge in [-0.05, 0) is 25.8 Å². The molecule has 2 rings (SSSR count). The Morgan fingerprint density at radius 1 is 1.22 bits per heavy atom.